The van der Waals surface area contributed by atoms with Crippen molar-refractivity contribution < 1.29 is 13.9 Å². The van der Waals surface area contributed by atoms with Crippen LogP contribution in [0.15, 0.2) is 29.3 Å². The van der Waals surface area contributed by atoms with Crippen molar-refractivity contribution in [3.05, 3.63) is 30.1 Å². The van der Waals surface area contributed by atoms with E-state index in [2.05, 4.69) is 14.8 Å². The lowest BCUT2D eigenvalue weighted by atomic mass is 10.2. The largest absolute Gasteiger partial charge is 0.370 e. The van der Waals surface area contributed by atoms with Gasteiger partial charge < -0.3 is 25.0 Å². The van der Waals surface area contributed by atoms with Gasteiger partial charge in [0.1, 0.15) is 11.9 Å². The minimum Gasteiger partial charge on any atom is -0.370 e. The smallest absolute Gasteiger partial charge is 0.191 e. The fourth-order valence-corrected chi connectivity index (χ4v) is 4.02. The van der Waals surface area contributed by atoms with Gasteiger partial charge in [-0.2, -0.15) is 0 Å². The summed E-state index contributed by atoms with van der Waals surface area (Å²) in [5.74, 6) is 0.0245. The van der Waals surface area contributed by atoms with E-state index in [0.717, 1.165) is 44.7 Å². The summed E-state index contributed by atoms with van der Waals surface area (Å²) in [5.41, 5.74) is 7.23. The van der Waals surface area contributed by atoms with Gasteiger partial charge in [-0.15, -0.1) is 24.0 Å². The highest BCUT2D eigenvalue weighted by Gasteiger charge is 2.43. The molecule has 2 aliphatic heterocycles. The maximum atomic E-state index is 13.1. The van der Waals surface area contributed by atoms with Gasteiger partial charge in [-0.05, 0) is 37.1 Å². The summed E-state index contributed by atoms with van der Waals surface area (Å²) in [7, 11) is 0. The molecule has 3 fully saturated rings. The molecule has 0 amide bonds. The molecular formula is C19H28FIN4O2. The molecule has 1 saturated carbocycles. The second kappa shape index (κ2) is 8.91. The van der Waals surface area contributed by atoms with Gasteiger partial charge in [0.25, 0.3) is 0 Å². The number of aliphatic imine (C=N–C) groups is 1. The van der Waals surface area contributed by atoms with E-state index in [1.165, 1.54) is 25.0 Å². The number of anilines is 1. The third-order valence-corrected chi connectivity index (χ3v) is 5.53. The number of ether oxygens (including phenoxy) is 2. The van der Waals surface area contributed by atoms with Crippen molar-refractivity contribution >= 4 is 35.6 Å². The Hall–Kier alpha value is -1.13. The lowest BCUT2D eigenvalue weighted by Crippen LogP contribution is -2.51. The molecule has 2 heterocycles. The predicted molar refractivity (Wildman–Crippen MR) is 114 cm³/mol. The lowest BCUT2D eigenvalue weighted by molar-refractivity contribution is -0.160. The van der Waals surface area contributed by atoms with Gasteiger partial charge in [0.15, 0.2) is 11.7 Å². The van der Waals surface area contributed by atoms with Gasteiger partial charge >= 0.3 is 0 Å². The van der Waals surface area contributed by atoms with Crippen LogP contribution in [0, 0.1) is 5.82 Å². The molecule has 2 N–H and O–H groups in total. The molecule has 0 bridgehead atoms. The summed E-state index contributed by atoms with van der Waals surface area (Å²) in [5, 5.41) is 0. The van der Waals surface area contributed by atoms with Gasteiger partial charge in [-0.25, -0.2) is 4.39 Å². The second-order valence-corrected chi connectivity index (χ2v) is 7.32. The van der Waals surface area contributed by atoms with Crippen molar-refractivity contribution in [2.24, 2.45) is 10.7 Å². The zero-order valence-electron chi connectivity index (χ0n) is 15.5. The Labute approximate surface area is 176 Å². The van der Waals surface area contributed by atoms with Gasteiger partial charge in [0, 0.05) is 44.7 Å². The number of piperazine rings is 1. The number of halogens is 2. The second-order valence-electron chi connectivity index (χ2n) is 7.32. The van der Waals surface area contributed by atoms with Crippen LogP contribution in [-0.4, -0.2) is 62.1 Å². The quantitative estimate of drug-likeness (QED) is 0.401. The van der Waals surface area contributed by atoms with Crippen molar-refractivity contribution in [2.75, 3.05) is 44.2 Å². The van der Waals surface area contributed by atoms with Gasteiger partial charge in [0.2, 0.25) is 0 Å². The zero-order chi connectivity index (χ0) is 18.0. The van der Waals surface area contributed by atoms with E-state index in [9.17, 15) is 4.39 Å². The lowest BCUT2D eigenvalue weighted by Gasteiger charge is -2.36. The van der Waals surface area contributed by atoms with Crippen LogP contribution in [-0.2, 0) is 9.47 Å². The minimum absolute atomic E-state index is 0. The highest BCUT2D eigenvalue weighted by atomic mass is 127. The van der Waals surface area contributed by atoms with Crippen LogP contribution < -0.4 is 10.6 Å². The SMILES string of the molecule is I.NC(=NCC1COC2(CCCC2)O1)N1CCN(c2ccc(F)cc2)CC1. The Balaban J connectivity index is 0.00000210. The van der Waals surface area contributed by atoms with E-state index in [4.69, 9.17) is 15.2 Å². The number of benzene rings is 1. The standard InChI is InChI=1S/C19H27FN4O2.HI/c20-15-3-5-16(6-4-15)23-9-11-24(12-10-23)18(21)22-13-17-14-25-19(26-17)7-1-2-8-19;/h3-6,17H,1-2,7-14H2,(H2,21,22);1H. The molecule has 3 aliphatic rings. The number of hydrogen-bond acceptors (Lipinski definition) is 4. The molecule has 1 spiro atoms. The van der Waals surface area contributed by atoms with Crippen LogP contribution in [0.2, 0.25) is 0 Å². The van der Waals surface area contributed by atoms with Gasteiger partial charge in [-0.1, -0.05) is 0 Å². The van der Waals surface area contributed by atoms with Gasteiger partial charge in [0.05, 0.1) is 13.2 Å². The third-order valence-electron chi connectivity index (χ3n) is 5.53. The van der Waals surface area contributed by atoms with Crippen LogP contribution in [0.5, 0.6) is 0 Å². The molecule has 1 aromatic rings. The molecule has 150 valence electrons. The van der Waals surface area contributed by atoms with Crippen molar-refractivity contribution in [1.29, 1.82) is 0 Å². The van der Waals surface area contributed by atoms with E-state index >= 15 is 0 Å². The summed E-state index contributed by atoms with van der Waals surface area (Å²) in [6, 6.07) is 6.63. The fraction of sp³-hybridized carbons (Fsp3) is 0.632. The number of guanidine groups is 1. The first-order chi connectivity index (χ1) is 12.6. The topological polar surface area (TPSA) is 63.3 Å². The summed E-state index contributed by atoms with van der Waals surface area (Å²) in [4.78, 5) is 8.88. The molecule has 8 heteroatoms. The summed E-state index contributed by atoms with van der Waals surface area (Å²) in [6.45, 7) is 4.44. The number of nitrogens with zero attached hydrogens (tertiary/aromatic N) is 3. The zero-order valence-corrected chi connectivity index (χ0v) is 17.8. The molecule has 1 atom stereocenters. The third kappa shape index (κ3) is 4.83. The Bertz CT molecular complexity index is 644. The van der Waals surface area contributed by atoms with Crippen LogP contribution in [0.1, 0.15) is 25.7 Å². The maximum absolute atomic E-state index is 13.1. The first-order valence-electron chi connectivity index (χ1n) is 9.51. The molecule has 0 radical (unpaired) electrons. The molecule has 1 aliphatic carbocycles. The Morgan fingerprint density at radius 3 is 2.48 bits per heavy atom. The van der Waals surface area contributed by atoms with Crippen LogP contribution >= 0.6 is 24.0 Å². The summed E-state index contributed by atoms with van der Waals surface area (Å²) < 4.78 is 25.0. The van der Waals surface area contributed by atoms with Crippen molar-refractivity contribution in [3.8, 4) is 0 Å². The highest BCUT2D eigenvalue weighted by Crippen LogP contribution is 2.39. The number of hydrogen-bond donors (Lipinski definition) is 1. The summed E-state index contributed by atoms with van der Waals surface area (Å²) >= 11 is 0. The monoisotopic (exact) mass is 490 g/mol. The minimum atomic E-state index is -0.338. The first kappa shape index (κ1) is 20.6. The number of nitrogens with two attached hydrogens (primary N) is 1. The van der Waals surface area contributed by atoms with Gasteiger partial charge in [-0.3, -0.25) is 4.99 Å². The van der Waals surface area contributed by atoms with E-state index < -0.39 is 0 Å². The van der Waals surface area contributed by atoms with Crippen molar-refractivity contribution in [1.82, 2.24) is 4.90 Å². The van der Waals surface area contributed by atoms with Crippen LogP contribution in [0.4, 0.5) is 10.1 Å². The summed E-state index contributed by atoms with van der Waals surface area (Å²) in [6.07, 6.45) is 4.35. The van der Waals surface area contributed by atoms with Crippen LogP contribution in [0.3, 0.4) is 0 Å². The average Bonchev–Trinajstić information content (AvgIpc) is 3.30. The highest BCUT2D eigenvalue weighted by molar-refractivity contribution is 14.0. The van der Waals surface area contributed by atoms with E-state index in [1.54, 1.807) is 0 Å². The molecule has 6 nitrogen and oxygen atoms in total. The average molecular weight is 490 g/mol. The molecule has 0 aromatic heterocycles. The Morgan fingerprint density at radius 1 is 1.15 bits per heavy atom. The fourth-order valence-electron chi connectivity index (χ4n) is 4.02. The molecular weight excluding hydrogens is 462 g/mol. The predicted octanol–water partition coefficient (Wildman–Crippen LogP) is 2.57. The van der Waals surface area contributed by atoms with E-state index in [1.807, 2.05) is 12.1 Å². The van der Waals surface area contributed by atoms with Crippen molar-refractivity contribution in [3.63, 3.8) is 0 Å². The molecule has 27 heavy (non-hydrogen) atoms. The molecule has 1 aromatic carbocycles. The van der Waals surface area contributed by atoms with E-state index in [0.29, 0.717) is 19.1 Å². The Kier molecular flexibility index (Phi) is 6.80. The van der Waals surface area contributed by atoms with Crippen LogP contribution in [0.25, 0.3) is 0 Å². The first-order valence-corrected chi connectivity index (χ1v) is 9.51. The Morgan fingerprint density at radius 2 is 1.81 bits per heavy atom. The normalized spacial score (nSPS) is 25.1. The molecule has 2 saturated heterocycles. The number of rotatable bonds is 3. The van der Waals surface area contributed by atoms with E-state index in [-0.39, 0.29) is 41.7 Å². The van der Waals surface area contributed by atoms with Crippen molar-refractivity contribution in [2.45, 2.75) is 37.6 Å². The molecule has 1 unspecified atom stereocenters. The molecule has 4 rings (SSSR count). The maximum Gasteiger partial charge on any atom is 0.191 e.